The van der Waals surface area contributed by atoms with Crippen molar-refractivity contribution in [3.05, 3.63) is 0 Å². The number of nitrogens with one attached hydrogen (secondary N) is 2. The predicted molar refractivity (Wildman–Crippen MR) is 69.2 cm³/mol. The van der Waals surface area contributed by atoms with Crippen LogP contribution >= 0.6 is 12.2 Å². The molecule has 1 rings (SSSR count). The molecule has 0 aromatic heterocycles. The Morgan fingerprint density at radius 2 is 1.93 bits per heavy atom. The van der Waals surface area contributed by atoms with Gasteiger partial charge in [0.05, 0.1) is 0 Å². The summed E-state index contributed by atoms with van der Waals surface area (Å²) >= 11 is 5.13. The SMILES string of the molecule is CCNC(=S)NCC(C)N1CCCCC1. The summed E-state index contributed by atoms with van der Waals surface area (Å²) in [6.07, 6.45) is 4.09. The van der Waals surface area contributed by atoms with Crippen molar-refractivity contribution in [3.8, 4) is 0 Å². The van der Waals surface area contributed by atoms with Crippen molar-refractivity contribution in [2.45, 2.75) is 39.2 Å². The summed E-state index contributed by atoms with van der Waals surface area (Å²) in [6, 6.07) is 0.585. The Balaban J connectivity index is 2.16. The van der Waals surface area contributed by atoms with Crippen LogP contribution in [0.5, 0.6) is 0 Å². The van der Waals surface area contributed by atoms with Gasteiger partial charge in [-0.25, -0.2) is 0 Å². The molecule has 1 saturated heterocycles. The highest BCUT2D eigenvalue weighted by Gasteiger charge is 2.16. The number of piperidine rings is 1. The molecule has 0 amide bonds. The fourth-order valence-electron chi connectivity index (χ4n) is 1.95. The molecule has 1 aliphatic rings. The zero-order valence-electron chi connectivity index (χ0n) is 9.88. The zero-order chi connectivity index (χ0) is 11.1. The van der Waals surface area contributed by atoms with Crippen LogP contribution < -0.4 is 10.6 Å². The highest BCUT2D eigenvalue weighted by molar-refractivity contribution is 7.80. The second-order valence-electron chi connectivity index (χ2n) is 4.19. The van der Waals surface area contributed by atoms with Crippen molar-refractivity contribution in [2.75, 3.05) is 26.2 Å². The minimum absolute atomic E-state index is 0.585. The Hall–Kier alpha value is -0.350. The molecule has 1 atom stereocenters. The van der Waals surface area contributed by atoms with Crippen LogP contribution in [0.3, 0.4) is 0 Å². The van der Waals surface area contributed by atoms with Crippen molar-refractivity contribution < 1.29 is 0 Å². The van der Waals surface area contributed by atoms with E-state index in [1.54, 1.807) is 0 Å². The van der Waals surface area contributed by atoms with Gasteiger partial charge >= 0.3 is 0 Å². The summed E-state index contributed by atoms with van der Waals surface area (Å²) in [4.78, 5) is 2.55. The molecular weight excluding hydrogens is 206 g/mol. The lowest BCUT2D eigenvalue weighted by Crippen LogP contribution is -2.46. The molecule has 3 nitrogen and oxygen atoms in total. The standard InChI is InChI=1S/C11H23N3S/c1-3-12-11(15)13-9-10(2)14-7-5-4-6-8-14/h10H,3-9H2,1-2H3,(H2,12,13,15). The zero-order valence-corrected chi connectivity index (χ0v) is 10.7. The van der Waals surface area contributed by atoms with Crippen molar-refractivity contribution in [1.29, 1.82) is 0 Å². The van der Waals surface area contributed by atoms with E-state index in [0.29, 0.717) is 6.04 Å². The molecule has 88 valence electrons. The molecule has 1 heterocycles. The van der Waals surface area contributed by atoms with Crippen molar-refractivity contribution in [3.63, 3.8) is 0 Å². The van der Waals surface area contributed by atoms with Gasteiger partial charge in [-0.1, -0.05) is 6.42 Å². The van der Waals surface area contributed by atoms with Gasteiger partial charge in [0.25, 0.3) is 0 Å². The maximum Gasteiger partial charge on any atom is 0.166 e. The number of nitrogens with zero attached hydrogens (tertiary/aromatic N) is 1. The third-order valence-electron chi connectivity index (χ3n) is 2.91. The number of rotatable bonds is 4. The molecule has 15 heavy (non-hydrogen) atoms. The van der Waals surface area contributed by atoms with E-state index in [9.17, 15) is 0 Å². The fourth-order valence-corrected chi connectivity index (χ4v) is 2.18. The summed E-state index contributed by atoms with van der Waals surface area (Å²) in [7, 11) is 0. The molecule has 0 radical (unpaired) electrons. The fraction of sp³-hybridized carbons (Fsp3) is 0.909. The van der Waals surface area contributed by atoms with Crippen LogP contribution in [-0.2, 0) is 0 Å². The van der Waals surface area contributed by atoms with Crippen LogP contribution in [0.1, 0.15) is 33.1 Å². The first kappa shape index (κ1) is 12.7. The first-order valence-electron chi connectivity index (χ1n) is 5.99. The van der Waals surface area contributed by atoms with E-state index in [1.165, 1.54) is 32.4 Å². The van der Waals surface area contributed by atoms with Crippen LogP contribution in [0.2, 0.25) is 0 Å². The minimum Gasteiger partial charge on any atom is -0.363 e. The lowest BCUT2D eigenvalue weighted by atomic mass is 10.1. The van der Waals surface area contributed by atoms with Gasteiger partial charge in [0.2, 0.25) is 0 Å². The van der Waals surface area contributed by atoms with Crippen LogP contribution in [0, 0.1) is 0 Å². The first-order valence-corrected chi connectivity index (χ1v) is 6.40. The molecule has 1 fully saturated rings. The highest BCUT2D eigenvalue weighted by atomic mass is 32.1. The summed E-state index contributed by atoms with van der Waals surface area (Å²) in [5, 5.41) is 7.14. The van der Waals surface area contributed by atoms with E-state index >= 15 is 0 Å². The van der Waals surface area contributed by atoms with Gasteiger partial charge in [-0.05, 0) is 52.0 Å². The topological polar surface area (TPSA) is 27.3 Å². The van der Waals surface area contributed by atoms with Crippen LogP contribution in [0.25, 0.3) is 0 Å². The van der Waals surface area contributed by atoms with E-state index in [1.807, 2.05) is 0 Å². The average Bonchev–Trinajstić information content (AvgIpc) is 2.27. The highest BCUT2D eigenvalue weighted by Crippen LogP contribution is 2.11. The van der Waals surface area contributed by atoms with Crippen LogP contribution in [-0.4, -0.2) is 42.2 Å². The Kier molecular flexibility index (Phi) is 5.95. The van der Waals surface area contributed by atoms with E-state index in [0.717, 1.165) is 18.2 Å². The van der Waals surface area contributed by atoms with Crippen LogP contribution in [0.15, 0.2) is 0 Å². The summed E-state index contributed by atoms with van der Waals surface area (Å²) < 4.78 is 0. The van der Waals surface area contributed by atoms with Gasteiger partial charge in [-0.3, -0.25) is 4.90 Å². The molecule has 0 aromatic carbocycles. The number of hydrogen-bond donors (Lipinski definition) is 2. The Morgan fingerprint density at radius 1 is 1.27 bits per heavy atom. The number of likely N-dealkylation sites (tertiary alicyclic amines) is 1. The molecule has 1 aliphatic heterocycles. The third-order valence-corrected chi connectivity index (χ3v) is 3.20. The maximum absolute atomic E-state index is 5.13. The minimum atomic E-state index is 0.585. The Morgan fingerprint density at radius 3 is 2.53 bits per heavy atom. The quantitative estimate of drug-likeness (QED) is 0.712. The molecular formula is C11H23N3S. The number of thiocarbonyl (C=S) groups is 1. The van der Waals surface area contributed by atoms with Crippen molar-refractivity contribution in [1.82, 2.24) is 15.5 Å². The smallest absolute Gasteiger partial charge is 0.166 e. The first-order chi connectivity index (χ1) is 7.24. The summed E-state index contributed by atoms with van der Waals surface area (Å²) in [5.74, 6) is 0. The molecule has 4 heteroatoms. The van der Waals surface area contributed by atoms with Gasteiger partial charge in [0.1, 0.15) is 0 Å². The molecule has 0 aromatic rings. The van der Waals surface area contributed by atoms with Gasteiger partial charge in [-0.15, -0.1) is 0 Å². The second-order valence-corrected chi connectivity index (χ2v) is 4.59. The normalized spacial score (nSPS) is 19.6. The molecule has 1 unspecified atom stereocenters. The van der Waals surface area contributed by atoms with E-state index in [4.69, 9.17) is 12.2 Å². The van der Waals surface area contributed by atoms with E-state index in [2.05, 4.69) is 29.4 Å². The van der Waals surface area contributed by atoms with Gasteiger partial charge < -0.3 is 10.6 Å². The van der Waals surface area contributed by atoms with Crippen molar-refractivity contribution in [2.24, 2.45) is 0 Å². The molecule has 2 N–H and O–H groups in total. The average molecular weight is 229 g/mol. The van der Waals surface area contributed by atoms with E-state index in [-0.39, 0.29) is 0 Å². The van der Waals surface area contributed by atoms with Crippen LogP contribution in [0.4, 0.5) is 0 Å². The molecule has 0 aliphatic carbocycles. The lowest BCUT2D eigenvalue weighted by Gasteiger charge is -2.32. The largest absolute Gasteiger partial charge is 0.363 e. The predicted octanol–water partition coefficient (Wildman–Crippen LogP) is 1.34. The lowest BCUT2D eigenvalue weighted by molar-refractivity contribution is 0.174. The summed E-state index contributed by atoms with van der Waals surface area (Å²) in [6.45, 7) is 8.66. The van der Waals surface area contributed by atoms with Gasteiger partial charge in [-0.2, -0.15) is 0 Å². The van der Waals surface area contributed by atoms with E-state index < -0.39 is 0 Å². The van der Waals surface area contributed by atoms with Crippen molar-refractivity contribution >= 4 is 17.3 Å². The van der Waals surface area contributed by atoms with Gasteiger partial charge in [0, 0.05) is 19.1 Å². The Labute approximate surface area is 98.6 Å². The molecule has 0 bridgehead atoms. The summed E-state index contributed by atoms with van der Waals surface area (Å²) in [5.41, 5.74) is 0. The molecule has 0 saturated carbocycles. The second kappa shape index (κ2) is 7.01. The number of hydrogen-bond acceptors (Lipinski definition) is 2. The maximum atomic E-state index is 5.13. The molecule has 0 spiro atoms. The monoisotopic (exact) mass is 229 g/mol. The van der Waals surface area contributed by atoms with Gasteiger partial charge in [0.15, 0.2) is 5.11 Å². The third kappa shape index (κ3) is 4.80. The Bertz CT molecular complexity index is 190.